The van der Waals surface area contributed by atoms with Crippen molar-refractivity contribution in [2.24, 2.45) is 0 Å². The predicted octanol–water partition coefficient (Wildman–Crippen LogP) is 4.90. The maximum absolute atomic E-state index is 6.18. The highest BCUT2D eigenvalue weighted by molar-refractivity contribution is 7.10. The fourth-order valence-electron chi connectivity index (χ4n) is 2.29. The van der Waals surface area contributed by atoms with Crippen LogP contribution in [0.3, 0.4) is 0 Å². The van der Waals surface area contributed by atoms with Crippen LogP contribution in [0.4, 0.5) is 0 Å². The van der Waals surface area contributed by atoms with Crippen molar-refractivity contribution < 1.29 is 0 Å². The number of imidazole rings is 1. The summed E-state index contributed by atoms with van der Waals surface area (Å²) < 4.78 is 1.88. The number of pyridine rings is 1. The van der Waals surface area contributed by atoms with Gasteiger partial charge in [0.1, 0.15) is 0 Å². The van der Waals surface area contributed by atoms with E-state index in [2.05, 4.69) is 41.4 Å². The third kappa shape index (κ3) is 3.09. The second-order valence-electron chi connectivity index (χ2n) is 5.08. The van der Waals surface area contributed by atoms with Gasteiger partial charge in [0.05, 0.1) is 15.7 Å². The third-order valence-corrected chi connectivity index (χ3v) is 5.08. The molecule has 3 rings (SSSR count). The molecular weight excluding hydrogens is 325 g/mol. The van der Waals surface area contributed by atoms with Gasteiger partial charge in [-0.1, -0.05) is 29.3 Å². The van der Waals surface area contributed by atoms with Crippen LogP contribution >= 0.6 is 34.5 Å². The lowest BCUT2D eigenvalue weighted by atomic mass is 10.2. The minimum Gasteiger partial charge on any atom is -0.304 e. The number of fused-ring (bicyclic) bond motifs is 1. The average molecular weight is 340 g/mol. The van der Waals surface area contributed by atoms with Gasteiger partial charge in [0, 0.05) is 29.9 Å². The number of aromatic nitrogens is 2. The molecule has 0 aliphatic carbocycles. The summed E-state index contributed by atoms with van der Waals surface area (Å²) in [6, 6.07) is 6.31. The summed E-state index contributed by atoms with van der Waals surface area (Å²) in [5.74, 6) is 0. The monoisotopic (exact) mass is 339 g/mol. The van der Waals surface area contributed by atoms with Gasteiger partial charge in [-0.05, 0) is 31.5 Å². The lowest BCUT2D eigenvalue weighted by molar-refractivity contribution is 0.254. The molecule has 0 fully saturated rings. The minimum atomic E-state index is 0.355. The first kappa shape index (κ1) is 14.9. The molecule has 0 saturated carbocycles. The van der Waals surface area contributed by atoms with E-state index in [-0.39, 0.29) is 0 Å². The Morgan fingerprint density at radius 1 is 1.38 bits per heavy atom. The molecule has 0 unspecified atom stereocenters. The van der Waals surface area contributed by atoms with Gasteiger partial charge in [-0.2, -0.15) is 0 Å². The maximum atomic E-state index is 6.18. The molecule has 3 aromatic rings. The van der Waals surface area contributed by atoms with Crippen molar-refractivity contribution in [1.82, 2.24) is 14.3 Å². The van der Waals surface area contributed by atoms with Crippen molar-refractivity contribution in [3.63, 3.8) is 0 Å². The molecule has 6 heteroatoms. The second-order valence-corrected chi connectivity index (χ2v) is 6.90. The summed E-state index contributed by atoms with van der Waals surface area (Å²) in [6.07, 6.45) is 3.80. The molecule has 0 aliphatic heterocycles. The van der Waals surface area contributed by atoms with Gasteiger partial charge in [-0.3, -0.25) is 4.90 Å². The fourth-order valence-corrected chi connectivity index (χ4v) is 3.67. The van der Waals surface area contributed by atoms with Crippen molar-refractivity contribution in [3.05, 3.63) is 56.6 Å². The molecule has 0 aromatic carbocycles. The van der Waals surface area contributed by atoms with Crippen LogP contribution in [0.15, 0.2) is 36.0 Å². The molecular formula is C15H15Cl2N3S. The van der Waals surface area contributed by atoms with Crippen LogP contribution in [-0.4, -0.2) is 21.3 Å². The van der Waals surface area contributed by atoms with E-state index < -0.39 is 0 Å². The van der Waals surface area contributed by atoms with E-state index >= 15 is 0 Å². The summed E-state index contributed by atoms with van der Waals surface area (Å²) in [7, 11) is 2.10. The van der Waals surface area contributed by atoms with Crippen LogP contribution < -0.4 is 0 Å². The molecule has 3 nitrogen and oxygen atoms in total. The number of thiophene rings is 1. The predicted molar refractivity (Wildman–Crippen MR) is 89.4 cm³/mol. The molecule has 0 radical (unpaired) electrons. The van der Waals surface area contributed by atoms with Crippen molar-refractivity contribution in [2.45, 2.75) is 19.5 Å². The molecule has 3 heterocycles. The Balaban J connectivity index is 1.83. The van der Waals surface area contributed by atoms with Crippen molar-refractivity contribution in [3.8, 4) is 0 Å². The highest BCUT2D eigenvalue weighted by Crippen LogP contribution is 2.26. The Kier molecular flexibility index (Phi) is 4.22. The van der Waals surface area contributed by atoms with E-state index in [0.717, 1.165) is 17.9 Å². The second kappa shape index (κ2) is 5.97. The van der Waals surface area contributed by atoms with E-state index in [9.17, 15) is 0 Å². The number of halogens is 2. The van der Waals surface area contributed by atoms with E-state index in [1.165, 1.54) is 4.88 Å². The molecule has 0 saturated heterocycles. The molecule has 1 atom stereocenters. The number of hydrogen-bond acceptors (Lipinski definition) is 3. The number of hydrogen-bond donors (Lipinski definition) is 0. The highest BCUT2D eigenvalue weighted by atomic mass is 35.5. The lowest BCUT2D eigenvalue weighted by Gasteiger charge is -2.22. The van der Waals surface area contributed by atoms with Crippen LogP contribution in [0.2, 0.25) is 10.0 Å². The summed E-state index contributed by atoms with van der Waals surface area (Å²) in [5, 5.41) is 3.28. The highest BCUT2D eigenvalue weighted by Gasteiger charge is 2.15. The van der Waals surface area contributed by atoms with Crippen molar-refractivity contribution in [1.29, 1.82) is 0 Å². The Morgan fingerprint density at radius 3 is 2.90 bits per heavy atom. The van der Waals surface area contributed by atoms with Gasteiger partial charge in [0.2, 0.25) is 0 Å². The molecule has 21 heavy (non-hydrogen) atoms. The molecule has 3 aromatic heterocycles. The first-order valence-corrected chi connectivity index (χ1v) is 8.24. The first-order valence-electron chi connectivity index (χ1n) is 6.61. The SMILES string of the molecule is C[C@H](c1cccs1)N(C)Cc1cn2cc(Cl)cc(Cl)c2n1. The van der Waals surface area contributed by atoms with Gasteiger partial charge < -0.3 is 4.40 Å². The molecule has 0 spiro atoms. The van der Waals surface area contributed by atoms with Crippen LogP contribution in [0.25, 0.3) is 5.65 Å². The van der Waals surface area contributed by atoms with Crippen LogP contribution in [-0.2, 0) is 6.54 Å². The van der Waals surface area contributed by atoms with Gasteiger partial charge in [0.15, 0.2) is 5.65 Å². The normalized spacial score (nSPS) is 13.2. The Hall–Kier alpha value is -1.07. The Labute approximate surface area is 137 Å². The topological polar surface area (TPSA) is 20.5 Å². The van der Waals surface area contributed by atoms with E-state index in [0.29, 0.717) is 16.1 Å². The van der Waals surface area contributed by atoms with Gasteiger partial charge in [0.25, 0.3) is 0 Å². The van der Waals surface area contributed by atoms with Gasteiger partial charge in [-0.25, -0.2) is 4.98 Å². The zero-order valence-corrected chi connectivity index (χ0v) is 14.1. The summed E-state index contributed by atoms with van der Waals surface area (Å²) in [5.41, 5.74) is 1.72. The van der Waals surface area contributed by atoms with Crippen molar-refractivity contribution >= 4 is 40.2 Å². The van der Waals surface area contributed by atoms with Crippen LogP contribution in [0, 0.1) is 0 Å². The van der Waals surface area contributed by atoms with E-state index in [1.807, 2.05) is 16.8 Å². The summed E-state index contributed by atoms with van der Waals surface area (Å²) in [6.45, 7) is 2.96. The fraction of sp³-hybridized carbons (Fsp3) is 0.267. The van der Waals surface area contributed by atoms with Crippen LogP contribution in [0.5, 0.6) is 0 Å². The standard InChI is InChI=1S/C15H15Cl2N3S/c1-10(14-4-3-5-21-14)19(2)8-12-9-20-7-11(16)6-13(17)15(20)18-12/h3-7,9-10H,8H2,1-2H3/t10-/m1/s1. The summed E-state index contributed by atoms with van der Waals surface area (Å²) in [4.78, 5) is 8.21. The Morgan fingerprint density at radius 2 is 2.19 bits per heavy atom. The molecule has 0 amide bonds. The zero-order chi connectivity index (χ0) is 15.0. The smallest absolute Gasteiger partial charge is 0.156 e. The molecule has 0 N–H and O–H groups in total. The van der Waals surface area contributed by atoms with E-state index in [4.69, 9.17) is 23.2 Å². The Bertz CT molecular complexity index is 752. The maximum Gasteiger partial charge on any atom is 0.156 e. The summed E-state index contributed by atoms with van der Waals surface area (Å²) >= 11 is 14.0. The largest absolute Gasteiger partial charge is 0.304 e. The van der Waals surface area contributed by atoms with Crippen molar-refractivity contribution in [2.75, 3.05) is 7.05 Å². The zero-order valence-electron chi connectivity index (χ0n) is 11.8. The van der Waals surface area contributed by atoms with Crippen LogP contribution in [0.1, 0.15) is 23.5 Å². The van der Waals surface area contributed by atoms with Gasteiger partial charge in [-0.15, -0.1) is 11.3 Å². The number of rotatable bonds is 4. The first-order chi connectivity index (χ1) is 10.0. The third-order valence-electron chi connectivity index (χ3n) is 3.55. The quantitative estimate of drug-likeness (QED) is 0.674. The van der Waals surface area contributed by atoms with E-state index in [1.54, 1.807) is 17.4 Å². The number of nitrogens with zero attached hydrogens (tertiary/aromatic N) is 3. The lowest BCUT2D eigenvalue weighted by Crippen LogP contribution is -2.21. The average Bonchev–Trinajstić information content (AvgIpc) is 3.06. The molecule has 0 bridgehead atoms. The van der Waals surface area contributed by atoms with Gasteiger partial charge >= 0.3 is 0 Å². The minimum absolute atomic E-state index is 0.355. The molecule has 110 valence electrons. The molecule has 0 aliphatic rings.